The molecule has 1 N–H and O–H groups in total. The molecule has 6 heteroatoms. The summed E-state index contributed by atoms with van der Waals surface area (Å²) >= 11 is 0. The van der Waals surface area contributed by atoms with Gasteiger partial charge in [-0.2, -0.15) is 0 Å². The van der Waals surface area contributed by atoms with Gasteiger partial charge in [0.25, 0.3) is 0 Å². The van der Waals surface area contributed by atoms with Gasteiger partial charge in [-0.3, -0.25) is 4.90 Å². The molecule has 1 aromatic heterocycles. The number of carbonyl (C=O) groups is 1. The van der Waals surface area contributed by atoms with Crippen LogP contribution >= 0.6 is 0 Å². The number of aromatic carboxylic acids is 1. The lowest BCUT2D eigenvalue weighted by atomic mass is 10.3. The van der Waals surface area contributed by atoms with Crippen LogP contribution in [0.2, 0.25) is 0 Å². The minimum Gasteiger partial charge on any atom is -0.475 e. The van der Waals surface area contributed by atoms with Gasteiger partial charge in [0.05, 0.1) is 18.9 Å². The van der Waals surface area contributed by atoms with Gasteiger partial charge < -0.3 is 14.4 Å². The van der Waals surface area contributed by atoms with Crippen LogP contribution in [-0.2, 0) is 18.3 Å². The molecular weight excluding hydrogens is 210 g/mol. The number of rotatable bonds is 3. The Morgan fingerprint density at radius 1 is 1.56 bits per heavy atom. The number of imidazole rings is 1. The minimum absolute atomic E-state index is 0.0864. The maximum Gasteiger partial charge on any atom is 0.372 e. The largest absolute Gasteiger partial charge is 0.475 e. The highest BCUT2D eigenvalue weighted by Gasteiger charge is 2.16. The highest BCUT2D eigenvalue weighted by Crippen LogP contribution is 2.07. The first-order chi connectivity index (χ1) is 7.66. The zero-order valence-corrected chi connectivity index (χ0v) is 9.22. The number of morpholine rings is 1. The van der Waals surface area contributed by atoms with E-state index in [9.17, 15) is 4.79 Å². The van der Waals surface area contributed by atoms with Crippen molar-refractivity contribution >= 4 is 5.97 Å². The Bertz CT molecular complexity index is 383. The van der Waals surface area contributed by atoms with Gasteiger partial charge in [-0.25, -0.2) is 9.78 Å². The topological polar surface area (TPSA) is 67.6 Å². The smallest absolute Gasteiger partial charge is 0.372 e. The summed E-state index contributed by atoms with van der Waals surface area (Å²) in [4.78, 5) is 17.1. The van der Waals surface area contributed by atoms with Gasteiger partial charge in [-0.15, -0.1) is 0 Å². The molecule has 2 rings (SSSR count). The fraction of sp³-hybridized carbons (Fsp3) is 0.600. The monoisotopic (exact) mass is 225 g/mol. The summed E-state index contributed by atoms with van der Waals surface area (Å²) < 4.78 is 6.78. The van der Waals surface area contributed by atoms with Crippen LogP contribution in [0.4, 0.5) is 0 Å². The predicted molar refractivity (Wildman–Crippen MR) is 56.3 cm³/mol. The van der Waals surface area contributed by atoms with Crippen molar-refractivity contribution in [2.45, 2.75) is 6.54 Å². The van der Waals surface area contributed by atoms with Crippen molar-refractivity contribution in [2.24, 2.45) is 7.05 Å². The van der Waals surface area contributed by atoms with Crippen LogP contribution in [0.5, 0.6) is 0 Å². The summed E-state index contributed by atoms with van der Waals surface area (Å²) in [6, 6.07) is 0. The SMILES string of the molecule is Cn1cc(CN2CCOCC2)nc1C(=O)O. The molecule has 0 bridgehead atoms. The number of hydrogen-bond donors (Lipinski definition) is 1. The fourth-order valence-electron chi connectivity index (χ4n) is 1.79. The van der Waals surface area contributed by atoms with Crippen molar-refractivity contribution in [1.82, 2.24) is 14.5 Å². The number of aromatic nitrogens is 2. The van der Waals surface area contributed by atoms with E-state index in [4.69, 9.17) is 9.84 Å². The Labute approximate surface area is 93.4 Å². The van der Waals surface area contributed by atoms with Gasteiger partial charge >= 0.3 is 5.97 Å². The second-order valence-electron chi connectivity index (χ2n) is 3.86. The van der Waals surface area contributed by atoms with Crippen molar-refractivity contribution in [2.75, 3.05) is 26.3 Å². The molecule has 1 fully saturated rings. The molecule has 0 atom stereocenters. The number of hydrogen-bond acceptors (Lipinski definition) is 4. The van der Waals surface area contributed by atoms with E-state index in [1.54, 1.807) is 13.2 Å². The van der Waals surface area contributed by atoms with Crippen LogP contribution in [0.25, 0.3) is 0 Å². The summed E-state index contributed by atoms with van der Waals surface area (Å²) in [7, 11) is 1.69. The summed E-state index contributed by atoms with van der Waals surface area (Å²) in [6.45, 7) is 3.90. The molecule has 2 heterocycles. The standard InChI is InChI=1S/C10H15N3O3/c1-12-6-8(11-9(12)10(14)15)7-13-2-4-16-5-3-13/h6H,2-5,7H2,1H3,(H,14,15). The first-order valence-corrected chi connectivity index (χ1v) is 5.22. The fourth-order valence-corrected chi connectivity index (χ4v) is 1.79. The number of aryl methyl sites for hydroxylation is 1. The second-order valence-corrected chi connectivity index (χ2v) is 3.86. The lowest BCUT2D eigenvalue weighted by molar-refractivity contribution is 0.0336. The maximum absolute atomic E-state index is 10.8. The number of nitrogens with zero attached hydrogens (tertiary/aromatic N) is 3. The Balaban J connectivity index is 2.03. The molecule has 1 saturated heterocycles. The van der Waals surface area contributed by atoms with Crippen LogP contribution in [0.15, 0.2) is 6.20 Å². The Morgan fingerprint density at radius 2 is 2.25 bits per heavy atom. The Hall–Kier alpha value is -1.40. The normalized spacial score (nSPS) is 17.6. The van der Waals surface area contributed by atoms with Gasteiger partial charge in [0.15, 0.2) is 0 Å². The van der Waals surface area contributed by atoms with Crippen molar-refractivity contribution in [1.29, 1.82) is 0 Å². The van der Waals surface area contributed by atoms with E-state index >= 15 is 0 Å². The quantitative estimate of drug-likeness (QED) is 0.781. The van der Waals surface area contributed by atoms with E-state index in [0.29, 0.717) is 6.54 Å². The number of carboxylic acid groups (broad SMARTS) is 1. The summed E-state index contributed by atoms with van der Waals surface area (Å²) in [5.74, 6) is -0.904. The van der Waals surface area contributed by atoms with Crippen molar-refractivity contribution < 1.29 is 14.6 Å². The van der Waals surface area contributed by atoms with Crippen LogP contribution in [-0.4, -0.2) is 51.8 Å². The van der Waals surface area contributed by atoms with E-state index < -0.39 is 5.97 Å². The molecule has 0 saturated carbocycles. The molecule has 1 aliphatic heterocycles. The summed E-state index contributed by atoms with van der Waals surface area (Å²) in [5.41, 5.74) is 0.793. The van der Waals surface area contributed by atoms with Gasteiger partial charge in [-0.1, -0.05) is 0 Å². The maximum atomic E-state index is 10.8. The molecule has 0 aromatic carbocycles. The molecule has 6 nitrogen and oxygen atoms in total. The van der Waals surface area contributed by atoms with E-state index in [1.807, 2.05) is 0 Å². The molecule has 1 aliphatic rings. The third-order valence-electron chi connectivity index (χ3n) is 2.61. The first kappa shape index (κ1) is 11.1. The summed E-state index contributed by atoms with van der Waals surface area (Å²) in [5, 5.41) is 8.87. The zero-order chi connectivity index (χ0) is 11.5. The number of ether oxygens (including phenoxy) is 1. The average molecular weight is 225 g/mol. The van der Waals surface area contributed by atoms with Gasteiger partial charge in [-0.05, 0) is 0 Å². The van der Waals surface area contributed by atoms with Crippen molar-refractivity contribution in [3.8, 4) is 0 Å². The highest BCUT2D eigenvalue weighted by atomic mass is 16.5. The molecule has 0 unspecified atom stereocenters. The predicted octanol–water partition coefficient (Wildman–Crippen LogP) is -0.0495. The van der Waals surface area contributed by atoms with E-state index in [0.717, 1.165) is 32.0 Å². The van der Waals surface area contributed by atoms with Gasteiger partial charge in [0.1, 0.15) is 0 Å². The molecule has 0 radical (unpaired) electrons. The lowest BCUT2D eigenvalue weighted by Gasteiger charge is -2.25. The van der Waals surface area contributed by atoms with E-state index in [1.165, 1.54) is 4.57 Å². The Morgan fingerprint density at radius 3 is 2.81 bits per heavy atom. The zero-order valence-electron chi connectivity index (χ0n) is 9.22. The molecule has 0 amide bonds. The van der Waals surface area contributed by atoms with Crippen LogP contribution in [0, 0.1) is 0 Å². The van der Waals surface area contributed by atoms with E-state index in [-0.39, 0.29) is 5.82 Å². The van der Waals surface area contributed by atoms with Crippen molar-refractivity contribution in [3.63, 3.8) is 0 Å². The van der Waals surface area contributed by atoms with Gasteiger partial charge in [0, 0.05) is 32.9 Å². The third kappa shape index (κ3) is 2.40. The molecular formula is C10H15N3O3. The molecule has 0 aliphatic carbocycles. The van der Waals surface area contributed by atoms with Crippen molar-refractivity contribution in [3.05, 3.63) is 17.7 Å². The first-order valence-electron chi connectivity index (χ1n) is 5.22. The summed E-state index contributed by atoms with van der Waals surface area (Å²) in [6.07, 6.45) is 1.76. The lowest BCUT2D eigenvalue weighted by Crippen LogP contribution is -2.35. The Kier molecular flexibility index (Phi) is 3.21. The molecule has 1 aromatic rings. The minimum atomic E-state index is -0.990. The molecule has 88 valence electrons. The highest BCUT2D eigenvalue weighted by molar-refractivity contribution is 5.83. The number of carboxylic acids is 1. The van der Waals surface area contributed by atoms with Gasteiger partial charge in [0.2, 0.25) is 5.82 Å². The third-order valence-corrected chi connectivity index (χ3v) is 2.61. The van der Waals surface area contributed by atoms with Crippen LogP contribution in [0.1, 0.15) is 16.3 Å². The van der Waals surface area contributed by atoms with E-state index in [2.05, 4.69) is 9.88 Å². The second kappa shape index (κ2) is 4.63. The van der Waals surface area contributed by atoms with Crippen LogP contribution in [0.3, 0.4) is 0 Å². The van der Waals surface area contributed by atoms with Crippen LogP contribution < -0.4 is 0 Å². The average Bonchev–Trinajstić information content (AvgIpc) is 2.61. The molecule has 0 spiro atoms. The molecule has 16 heavy (non-hydrogen) atoms.